The zero-order valence-electron chi connectivity index (χ0n) is 18.8. The first-order valence-corrected chi connectivity index (χ1v) is 11.6. The summed E-state index contributed by atoms with van der Waals surface area (Å²) in [6, 6.07) is 10.6. The predicted octanol–water partition coefficient (Wildman–Crippen LogP) is 3.01. The molecule has 1 aromatic carbocycles. The highest BCUT2D eigenvalue weighted by Crippen LogP contribution is 2.12. The Kier molecular flexibility index (Phi) is 10.4. The predicted molar refractivity (Wildman–Crippen MR) is 124 cm³/mol. The molecule has 3 rings (SSSR count). The molecule has 1 saturated heterocycles. The second kappa shape index (κ2) is 13.8. The number of ether oxygens (including phenoxy) is 2. The van der Waals surface area contributed by atoms with E-state index in [1.807, 2.05) is 12.4 Å². The first kappa shape index (κ1) is 23.3. The molecule has 170 valence electrons. The fourth-order valence-electron chi connectivity index (χ4n) is 3.63. The maximum Gasteiger partial charge on any atom is 0.191 e. The van der Waals surface area contributed by atoms with Crippen molar-refractivity contribution >= 4 is 5.96 Å². The lowest BCUT2D eigenvalue weighted by molar-refractivity contribution is 0.0888. The molecule has 1 atom stereocenters. The maximum absolute atomic E-state index is 5.77. The molecule has 7 nitrogen and oxygen atoms in total. The second-order valence-corrected chi connectivity index (χ2v) is 7.91. The number of aromatic nitrogens is 2. The molecule has 1 unspecified atom stereocenters. The van der Waals surface area contributed by atoms with Crippen molar-refractivity contribution in [2.45, 2.75) is 45.7 Å². The summed E-state index contributed by atoms with van der Waals surface area (Å²) in [6.45, 7) is 8.54. The summed E-state index contributed by atoms with van der Waals surface area (Å²) >= 11 is 0. The maximum atomic E-state index is 5.77. The molecule has 0 spiro atoms. The molecule has 2 heterocycles. The van der Waals surface area contributed by atoms with Crippen LogP contribution in [0.2, 0.25) is 0 Å². The van der Waals surface area contributed by atoms with Crippen LogP contribution in [-0.2, 0) is 29.0 Å². The molecule has 2 aromatic rings. The number of aryl methyl sites for hydroxylation is 2. The smallest absolute Gasteiger partial charge is 0.191 e. The largest absolute Gasteiger partial charge is 0.381 e. The van der Waals surface area contributed by atoms with Crippen molar-refractivity contribution in [3.8, 4) is 0 Å². The molecule has 0 radical (unpaired) electrons. The van der Waals surface area contributed by atoms with Crippen LogP contribution < -0.4 is 10.6 Å². The third-order valence-electron chi connectivity index (χ3n) is 5.37. The van der Waals surface area contributed by atoms with Crippen molar-refractivity contribution in [1.29, 1.82) is 0 Å². The fourth-order valence-corrected chi connectivity index (χ4v) is 3.63. The van der Waals surface area contributed by atoms with Gasteiger partial charge in [0.1, 0.15) is 12.4 Å². The van der Waals surface area contributed by atoms with E-state index < -0.39 is 0 Å². The Morgan fingerprint density at radius 1 is 1.26 bits per heavy atom. The van der Waals surface area contributed by atoms with Crippen LogP contribution in [0, 0.1) is 5.92 Å². The van der Waals surface area contributed by atoms with E-state index in [4.69, 9.17) is 14.5 Å². The van der Waals surface area contributed by atoms with E-state index in [1.54, 1.807) is 0 Å². The quantitative estimate of drug-likeness (QED) is 0.292. The van der Waals surface area contributed by atoms with Crippen LogP contribution >= 0.6 is 0 Å². The summed E-state index contributed by atoms with van der Waals surface area (Å²) in [5.74, 6) is 2.39. The Hall–Kier alpha value is -2.38. The molecule has 2 N–H and O–H groups in total. The summed E-state index contributed by atoms with van der Waals surface area (Å²) in [5.41, 5.74) is 1.38. The van der Waals surface area contributed by atoms with Gasteiger partial charge in [-0.2, -0.15) is 0 Å². The molecule has 7 heteroatoms. The van der Waals surface area contributed by atoms with Crippen LogP contribution in [0.5, 0.6) is 0 Å². The van der Waals surface area contributed by atoms with Gasteiger partial charge in [-0.1, -0.05) is 30.3 Å². The highest BCUT2D eigenvalue weighted by atomic mass is 16.5. The zero-order chi connectivity index (χ0) is 21.6. The molecular formula is C24H37N5O2. The third-order valence-corrected chi connectivity index (χ3v) is 5.37. The molecule has 0 saturated carbocycles. The van der Waals surface area contributed by atoms with Crippen LogP contribution in [0.25, 0.3) is 0 Å². The van der Waals surface area contributed by atoms with E-state index in [1.165, 1.54) is 5.56 Å². The van der Waals surface area contributed by atoms with Gasteiger partial charge in [0.05, 0.1) is 13.2 Å². The number of hydrogen-bond acceptors (Lipinski definition) is 4. The first-order chi connectivity index (χ1) is 15.3. The Balaban J connectivity index is 1.36. The van der Waals surface area contributed by atoms with Gasteiger partial charge < -0.3 is 24.7 Å². The van der Waals surface area contributed by atoms with Crippen molar-refractivity contribution in [2.24, 2.45) is 10.9 Å². The Morgan fingerprint density at radius 3 is 2.97 bits per heavy atom. The number of guanidine groups is 1. The van der Waals surface area contributed by atoms with Crippen molar-refractivity contribution < 1.29 is 9.47 Å². The van der Waals surface area contributed by atoms with E-state index in [2.05, 4.69) is 57.4 Å². The van der Waals surface area contributed by atoms with Gasteiger partial charge in [0.25, 0.3) is 0 Å². The van der Waals surface area contributed by atoms with Crippen molar-refractivity contribution in [3.05, 3.63) is 54.1 Å². The molecule has 0 amide bonds. The standard InChI is InChI=1S/C24H37N5O2/c1-2-25-24(27-12-7-16-30-19-22-11-17-31-20-22)28-18-23-26-13-15-29(23)14-6-10-21-8-4-3-5-9-21/h3-5,8-9,13,15,22H,2,6-7,10-12,14,16-20H2,1H3,(H2,25,27,28). The van der Waals surface area contributed by atoms with Crippen LogP contribution in [-0.4, -0.2) is 55.0 Å². The Bertz CT molecular complexity index is 756. The summed E-state index contributed by atoms with van der Waals surface area (Å²) in [7, 11) is 0. The number of hydrogen-bond donors (Lipinski definition) is 2. The first-order valence-electron chi connectivity index (χ1n) is 11.6. The molecule has 0 aliphatic carbocycles. The molecule has 1 aliphatic heterocycles. The van der Waals surface area contributed by atoms with Gasteiger partial charge >= 0.3 is 0 Å². The topological polar surface area (TPSA) is 72.7 Å². The van der Waals surface area contributed by atoms with Gasteiger partial charge in [-0.15, -0.1) is 0 Å². The summed E-state index contributed by atoms with van der Waals surface area (Å²) in [6.07, 6.45) is 8.14. The number of aliphatic imine (C=N–C) groups is 1. The number of rotatable bonds is 13. The van der Waals surface area contributed by atoms with Crippen molar-refractivity contribution in [1.82, 2.24) is 20.2 Å². The Morgan fingerprint density at radius 2 is 2.16 bits per heavy atom. The third kappa shape index (κ3) is 8.71. The highest BCUT2D eigenvalue weighted by molar-refractivity contribution is 5.79. The SMILES string of the molecule is CCNC(=NCc1nccn1CCCc1ccccc1)NCCCOCC1CCOC1. The molecule has 0 bridgehead atoms. The van der Waals surface area contributed by atoms with Gasteiger partial charge in [0.2, 0.25) is 0 Å². The van der Waals surface area contributed by atoms with E-state index in [-0.39, 0.29) is 0 Å². The zero-order valence-corrected chi connectivity index (χ0v) is 18.8. The minimum atomic E-state index is 0.561. The molecule has 1 aliphatic rings. The minimum Gasteiger partial charge on any atom is -0.381 e. The number of nitrogens with zero attached hydrogens (tertiary/aromatic N) is 3. The lowest BCUT2D eigenvalue weighted by atomic mass is 10.1. The van der Waals surface area contributed by atoms with E-state index >= 15 is 0 Å². The van der Waals surface area contributed by atoms with Crippen LogP contribution in [0.15, 0.2) is 47.7 Å². The van der Waals surface area contributed by atoms with Gasteiger partial charge in [-0.25, -0.2) is 9.98 Å². The van der Waals surface area contributed by atoms with Crippen molar-refractivity contribution in [3.63, 3.8) is 0 Å². The minimum absolute atomic E-state index is 0.561. The normalized spacial score (nSPS) is 16.5. The number of imidazole rings is 1. The second-order valence-electron chi connectivity index (χ2n) is 7.91. The number of benzene rings is 1. The van der Waals surface area contributed by atoms with Gasteiger partial charge in [0.15, 0.2) is 5.96 Å². The van der Waals surface area contributed by atoms with E-state index in [9.17, 15) is 0 Å². The number of nitrogens with one attached hydrogen (secondary N) is 2. The summed E-state index contributed by atoms with van der Waals surface area (Å²) < 4.78 is 13.4. The molecule has 1 aromatic heterocycles. The van der Waals surface area contributed by atoms with Gasteiger partial charge in [-0.05, 0) is 38.2 Å². The molecule has 1 fully saturated rings. The molecular weight excluding hydrogens is 390 g/mol. The van der Waals surface area contributed by atoms with Crippen LogP contribution in [0.4, 0.5) is 0 Å². The average molecular weight is 428 g/mol. The summed E-state index contributed by atoms with van der Waals surface area (Å²) in [4.78, 5) is 9.22. The van der Waals surface area contributed by atoms with Gasteiger partial charge in [-0.3, -0.25) is 0 Å². The lowest BCUT2D eigenvalue weighted by Gasteiger charge is -2.12. The Labute approximate surface area is 186 Å². The van der Waals surface area contributed by atoms with Crippen molar-refractivity contribution in [2.75, 3.05) is 39.5 Å². The van der Waals surface area contributed by atoms with Crippen LogP contribution in [0.3, 0.4) is 0 Å². The van der Waals surface area contributed by atoms with Crippen LogP contribution in [0.1, 0.15) is 37.6 Å². The fraction of sp³-hybridized carbons (Fsp3) is 0.583. The monoisotopic (exact) mass is 427 g/mol. The molecule has 31 heavy (non-hydrogen) atoms. The summed E-state index contributed by atoms with van der Waals surface area (Å²) in [5, 5.41) is 6.70. The van der Waals surface area contributed by atoms with E-state index in [0.717, 1.165) is 83.5 Å². The van der Waals surface area contributed by atoms with E-state index in [0.29, 0.717) is 12.5 Å². The van der Waals surface area contributed by atoms with Gasteiger partial charge in [0, 0.05) is 51.2 Å². The highest BCUT2D eigenvalue weighted by Gasteiger charge is 2.15. The lowest BCUT2D eigenvalue weighted by Crippen LogP contribution is -2.38. The average Bonchev–Trinajstić information content (AvgIpc) is 3.47.